The number of aromatic nitrogens is 2. The van der Waals surface area contributed by atoms with Crippen molar-refractivity contribution in [1.29, 1.82) is 0 Å². The molecule has 0 radical (unpaired) electrons. The van der Waals surface area contributed by atoms with Crippen LogP contribution in [0.2, 0.25) is 0 Å². The standard InChI is InChI=1S/C32H43N3O4/c1-3-32-18-20-12-21(32)14-22(32)15-25(13-20)34-23-8-7-9-24(34)17-26(16-23)35-30(37)27-10-5-6-11-28(27)33(31(35)38)19-29(36)39-4-2/h5-6,10-11,20-26H,3-4,7-9,12-19H2,1-2H3/t20?,21?,22?,23-,24?,25?,26?,32?/m1/s1. The van der Waals surface area contributed by atoms with Gasteiger partial charge in [-0.2, -0.15) is 0 Å². The number of hydrogen-bond donors (Lipinski definition) is 0. The van der Waals surface area contributed by atoms with Crippen LogP contribution in [0.3, 0.4) is 0 Å². The molecule has 2 aromatic rings. The van der Waals surface area contributed by atoms with E-state index in [0.717, 1.165) is 43.4 Å². The second-order valence-electron chi connectivity index (χ2n) is 13.3. The van der Waals surface area contributed by atoms with E-state index in [1.165, 1.54) is 54.1 Å². The van der Waals surface area contributed by atoms with Crippen molar-refractivity contribution in [2.24, 2.45) is 23.2 Å². The summed E-state index contributed by atoms with van der Waals surface area (Å²) in [5.74, 6) is 2.30. The van der Waals surface area contributed by atoms with Crippen molar-refractivity contribution < 1.29 is 9.53 Å². The molecule has 1 aromatic heterocycles. The van der Waals surface area contributed by atoms with Gasteiger partial charge in [-0.1, -0.05) is 25.5 Å². The van der Waals surface area contributed by atoms with Crippen molar-refractivity contribution in [3.05, 3.63) is 45.1 Å². The molecule has 7 unspecified atom stereocenters. The van der Waals surface area contributed by atoms with E-state index in [0.29, 0.717) is 34.4 Å². The first-order valence-electron chi connectivity index (χ1n) is 15.6. The van der Waals surface area contributed by atoms with Gasteiger partial charge in [-0.15, -0.1) is 0 Å². The van der Waals surface area contributed by atoms with Gasteiger partial charge in [0.2, 0.25) is 0 Å². The minimum atomic E-state index is -0.451. The Balaban J connectivity index is 1.21. The number of fused-ring (bicyclic) bond motifs is 4. The lowest BCUT2D eigenvalue weighted by Crippen LogP contribution is -2.59. The van der Waals surface area contributed by atoms with Crippen LogP contribution in [0, 0.1) is 23.2 Å². The largest absolute Gasteiger partial charge is 0.465 e. The van der Waals surface area contributed by atoms with Gasteiger partial charge in [0.25, 0.3) is 5.56 Å². The van der Waals surface area contributed by atoms with Gasteiger partial charge in [0.1, 0.15) is 6.54 Å². The lowest BCUT2D eigenvalue weighted by Gasteiger charge is -2.57. The quantitative estimate of drug-likeness (QED) is 0.495. The Hall–Kier alpha value is -2.41. The predicted octanol–water partition coefficient (Wildman–Crippen LogP) is 4.89. The Morgan fingerprint density at radius 3 is 2.41 bits per heavy atom. The Morgan fingerprint density at radius 1 is 0.923 bits per heavy atom. The van der Waals surface area contributed by atoms with E-state index >= 15 is 0 Å². The number of rotatable bonds is 6. The third-order valence-corrected chi connectivity index (χ3v) is 11.8. The molecule has 5 aliphatic rings. The summed E-state index contributed by atoms with van der Waals surface area (Å²) in [4.78, 5) is 43.0. The molecule has 8 atom stereocenters. The van der Waals surface area contributed by atoms with Crippen molar-refractivity contribution >= 4 is 16.9 Å². The number of carbonyl (C=O) groups is 1. The summed E-state index contributed by atoms with van der Waals surface area (Å²) in [6.45, 7) is 4.27. The van der Waals surface area contributed by atoms with Crippen molar-refractivity contribution in [2.75, 3.05) is 6.61 Å². The second-order valence-corrected chi connectivity index (χ2v) is 13.3. The van der Waals surface area contributed by atoms with E-state index in [1.807, 2.05) is 12.1 Å². The van der Waals surface area contributed by atoms with Crippen LogP contribution < -0.4 is 11.2 Å². The number of esters is 1. The van der Waals surface area contributed by atoms with Gasteiger partial charge >= 0.3 is 11.7 Å². The zero-order valence-electron chi connectivity index (χ0n) is 23.5. The first-order valence-corrected chi connectivity index (χ1v) is 15.6. The van der Waals surface area contributed by atoms with Gasteiger partial charge in [-0.05, 0) is 106 Å². The van der Waals surface area contributed by atoms with Crippen LogP contribution in [-0.4, -0.2) is 44.7 Å². The summed E-state index contributed by atoms with van der Waals surface area (Å²) >= 11 is 0. The van der Waals surface area contributed by atoms with Crippen LogP contribution in [0.15, 0.2) is 33.9 Å². The first-order chi connectivity index (χ1) is 18.9. The molecule has 0 N–H and O–H groups in total. The molecule has 1 aromatic carbocycles. The molecule has 0 amide bonds. The van der Waals surface area contributed by atoms with Crippen LogP contribution >= 0.6 is 0 Å². The summed E-state index contributed by atoms with van der Waals surface area (Å²) in [5, 5.41) is 0.498. The second kappa shape index (κ2) is 9.60. The average Bonchev–Trinajstić information content (AvgIpc) is 3.11. The maximum atomic E-state index is 13.9. The monoisotopic (exact) mass is 533 g/mol. The predicted molar refractivity (Wildman–Crippen MR) is 151 cm³/mol. The number of nitrogens with zero attached hydrogens (tertiary/aromatic N) is 3. The third kappa shape index (κ3) is 3.89. The molecule has 4 bridgehead atoms. The van der Waals surface area contributed by atoms with E-state index in [1.54, 1.807) is 19.1 Å². The SMILES string of the molecule is CCOC(=O)Cn1c(=O)n(C2CC3CCC[C@H](C2)N3C2CC3CC4CC(C2)C4(CC)C3)c(=O)c2ccccc21. The highest BCUT2D eigenvalue weighted by Gasteiger charge is 2.61. The van der Waals surface area contributed by atoms with Crippen LogP contribution in [0.1, 0.15) is 90.5 Å². The molecule has 3 saturated carbocycles. The van der Waals surface area contributed by atoms with Gasteiger partial charge in [0.15, 0.2) is 0 Å². The fourth-order valence-corrected chi connectivity index (χ4v) is 10.3. The number of piperidine rings is 2. The van der Waals surface area contributed by atoms with Gasteiger partial charge in [-0.25, -0.2) is 4.79 Å². The average molecular weight is 534 g/mol. The van der Waals surface area contributed by atoms with Gasteiger partial charge < -0.3 is 4.74 Å². The highest BCUT2D eigenvalue weighted by Crippen LogP contribution is 2.69. The van der Waals surface area contributed by atoms with Gasteiger partial charge in [-0.3, -0.25) is 23.6 Å². The smallest absolute Gasteiger partial charge is 0.332 e. The van der Waals surface area contributed by atoms with Crippen LogP contribution in [-0.2, 0) is 16.1 Å². The maximum Gasteiger partial charge on any atom is 0.332 e. The van der Waals surface area contributed by atoms with Crippen molar-refractivity contribution in [3.8, 4) is 0 Å². The number of para-hydroxylation sites is 1. The van der Waals surface area contributed by atoms with E-state index < -0.39 is 5.97 Å². The highest BCUT2D eigenvalue weighted by molar-refractivity contribution is 5.80. The molecule has 3 heterocycles. The molecule has 7 rings (SSSR count). The summed E-state index contributed by atoms with van der Waals surface area (Å²) in [6.07, 6.45) is 13.6. The molecule has 7 heteroatoms. The van der Waals surface area contributed by atoms with Crippen LogP contribution in [0.25, 0.3) is 10.9 Å². The minimum Gasteiger partial charge on any atom is -0.465 e. The van der Waals surface area contributed by atoms with Crippen molar-refractivity contribution in [1.82, 2.24) is 14.0 Å². The minimum absolute atomic E-state index is 0.133. The number of ether oxygens (including phenoxy) is 1. The maximum absolute atomic E-state index is 13.9. The fourth-order valence-electron chi connectivity index (χ4n) is 10.3. The van der Waals surface area contributed by atoms with Crippen LogP contribution in [0.5, 0.6) is 0 Å². The molecule has 2 aliphatic heterocycles. The van der Waals surface area contributed by atoms with E-state index in [4.69, 9.17) is 4.74 Å². The molecule has 5 fully saturated rings. The summed E-state index contributed by atoms with van der Waals surface area (Å²) in [5.41, 5.74) is 0.548. The lowest BCUT2D eigenvalue weighted by molar-refractivity contribution is -0.143. The molecule has 39 heavy (non-hydrogen) atoms. The Labute approximate surface area is 230 Å². The summed E-state index contributed by atoms with van der Waals surface area (Å²) in [7, 11) is 0. The van der Waals surface area contributed by atoms with Gasteiger partial charge in [0, 0.05) is 24.2 Å². The number of carbonyl (C=O) groups excluding carboxylic acids is 1. The fraction of sp³-hybridized carbons (Fsp3) is 0.719. The van der Waals surface area contributed by atoms with Crippen LogP contribution in [0.4, 0.5) is 0 Å². The molecule has 7 nitrogen and oxygen atoms in total. The third-order valence-electron chi connectivity index (χ3n) is 11.8. The molecular formula is C32H43N3O4. The Bertz CT molecular complexity index is 1380. The zero-order valence-corrected chi connectivity index (χ0v) is 23.5. The van der Waals surface area contributed by atoms with E-state index in [-0.39, 0.29) is 30.4 Å². The lowest BCUT2D eigenvalue weighted by atomic mass is 9.52. The molecule has 3 aliphatic carbocycles. The Morgan fingerprint density at radius 2 is 1.67 bits per heavy atom. The summed E-state index contributed by atoms with van der Waals surface area (Å²) < 4.78 is 8.13. The Kier molecular flexibility index (Phi) is 6.29. The van der Waals surface area contributed by atoms with E-state index in [9.17, 15) is 14.4 Å². The normalized spacial score (nSPS) is 37.3. The molecule has 2 saturated heterocycles. The molecular weight excluding hydrogens is 490 g/mol. The number of benzene rings is 1. The zero-order chi connectivity index (χ0) is 26.9. The summed E-state index contributed by atoms with van der Waals surface area (Å²) in [6, 6.07) is 8.55. The van der Waals surface area contributed by atoms with Crippen molar-refractivity contribution in [2.45, 2.75) is 115 Å². The van der Waals surface area contributed by atoms with E-state index in [2.05, 4.69) is 11.8 Å². The number of hydrogen-bond acceptors (Lipinski definition) is 5. The topological polar surface area (TPSA) is 73.5 Å². The van der Waals surface area contributed by atoms with Crippen molar-refractivity contribution in [3.63, 3.8) is 0 Å². The molecule has 210 valence electrons. The first kappa shape index (κ1) is 25.6. The van der Waals surface area contributed by atoms with Gasteiger partial charge in [0.05, 0.1) is 17.5 Å². The molecule has 0 spiro atoms. The highest BCUT2D eigenvalue weighted by atomic mass is 16.5.